The Morgan fingerprint density at radius 1 is 1.42 bits per heavy atom. The Hall–Kier alpha value is -2.32. The standard InChI is InChI=1S/C18H22N6OS/c1-12-16(26-11-21-12)10-23-7-3-4-13(9-23)15-5-6-20-17-14(18(25)19-2)8-22-24(15)17/h5-6,8,11,13H,3-4,7,9-10H2,1-2H3,(H,19,25)/t13-/m1/s1. The van der Waals surface area contributed by atoms with Crippen LogP contribution in [-0.2, 0) is 6.54 Å². The van der Waals surface area contributed by atoms with E-state index in [1.165, 1.54) is 4.88 Å². The molecule has 3 aromatic rings. The third kappa shape index (κ3) is 3.10. The first-order chi connectivity index (χ1) is 12.7. The number of carbonyl (C=O) groups is 1. The molecule has 1 fully saturated rings. The van der Waals surface area contributed by atoms with Crippen LogP contribution in [0.25, 0.3) is 5.65 Å². The Morgan fingerprint density at radius 2 is 2.31 bits per heavy atom. The van der Waals surface area contributed by atoms with Crippen LogP contribution in [0.1, 0.15) is 45.4 Å². The molecule has 1 amide bonds. The SMILES string of the molecule is CNC(=O)c1cnn2c([C@@H]3CCCN(Cc4scnc4C)C3)ccnc12. The molecule has 0 radical (unpaired) electrons. The Labute approximate surface area is 156 Å². The summed E-state index contributed by atoms with van der Waals surface area (Å²) < 4.78 is 1.83. The maximum Gasteiger partial charge on any atom is 0.256 e. The van der Waals surface area contributed by atoms with Gasteiger partial charge in [0.1, 0.15) is 5.56 Å². The average Bonchev–Trinajstić information content (AvgIpc) is 3.27. The first-order valence-electron chi connectivity index (χ1n) is 8.83. The summed E-state index contributed by atoms with van der Waals surface area (Å²) in [6.07, 6.45) is 5.65. The molecule has 0 saturated carbocycles. The van der Waals surface area contributed by atoms with Crippen LogP contribution < -0.4 is 5.32 Å². The van der Waals surface area contributed by atoms with E-state index in [4.69, 9.17) is 0 Å². The number of amides is 1. The Bertz CT molecular complexity index is 933. The van der Waals surface area contributed by atoms with Gasteiger partial charge in [-0.25, -0.2) is 14.5 Å². The fraction of sp³-hybridized carbons (Fsp3) is 0.444. The molecule has 8 heteroatoms. The molecule has 4 heterocycles. The van der Waals surface area contributed by atoms with Gasteiger partial charge < -0.3 is 5.32 Å². The number of aryl methyl sites for hydroxylation is 1. The van der Waals surface area contributed by atoms with Crippen molar-refractivity contribution in [3.63, 3.8) is 0 Å². The number of nitrogens with one attached hydrogen (secondary N) is 1. The summed E-state index contributed by atoms with van der Waals surface area (Å²) in [5, 5.41) is 7.09. The van der Waals surface area contributed by atoms with E-state index in [2.05, 4.69) is 32.2 Å². The summed E-state index contributed by atoms with van der Waals surface area (Å²) in [6, 6.07) is 2.03. The van der Waals surface area contributed by atoms with Crippen molar-refractivity contribution < 1.29 is 4.79 Å². The van der Waals surface area contributed by atoms with E-state index in [9.17, 15) is 4.79 Å². The maximum atomic E-state index is 12.0. The summed E-state index contributed by atoms with van der Waals surface area (Å²) in [6.45, 7) is 5.10. The van der Waals surface area contributed by atoms with E-state index in [0.29, 0.717) is 17.1 Å². The Kier molecular flexibility index (Phi) is 4.69. The lowest BCUT2D eigenvalue weighted by molar-refractivity contribution is 0.0964. The van der Waals surface area contributed by atoms with E-state index in [1.807, 2.05) is 16.1 Å². The van der Waals surface area contributed by atoms with Gasteiger partial charge in [0.25, 0.3) is 5.91 Å². The lowest BCUT2D eigenvalue weighted by Crippen LogP contribution is -2.34. The van der Waals surface area contributed by atoms with Gasteiger partial charge in [0.2, 0.25) is 0 Å². The molecule has 7 nitrogen and oxygen atoms in total. The normalized spacial score (nSPS) is 18.3. The van der Waals surface area contributed by atoms with Crippen molar-refractivity contribution in [3.05, 3.63) is 45.8 Å². The van der Waals surface area contributed by atoms with Gasteiger partial charge in [-0.15, -0.1) is 11.3 Å². The fourth-order valence-electron chi connectivity index (χ4n) is 3.64. The largest absolute Gasteiger partial charge is 0.355 e. The third-order valence-electron chi connectivity index (χ3n) is 5.04. The van der Waals surface area contributed by atoms with Crippen LogP contribution in [0.15, 0.2) is 24.0 Å². The van der Waals surface area contributed by atoms with E-state index >= 15 is 0 Å². The molecule has 0 bridgehead atoms. The first-order valence-corrected chi connectivity index (χ1v) is 9.71. The molecule has 136 valence electrons. The van der Waals surface area contributed by atoms with Crippen molar-refractivity contribution in [2.75, 3.05) is 20.1 Å². The van der Waals surface area contributed by atoms with Crippen LogP contribution in [-0.4, -0.2) is 50.5 Å². The molecule has 0 aliphatic carbocycles. The van der Waals surface area contributed by atoms with Crippen molar-refractivity contribution in [1.29, 1.82) is 0 Å². The van der Waals surface area contributed by atoms with Crippen LogP contribution in [0, 0.1) is 6.92 Å². The molecule has 0 aromatic carbocycles. The van der Waals surface area contributed by atoms with Crippen LogP contribution in [0.2, 0.25) is 0 Å². The Morgan fingerprint density at radius 3 is 3.08 bits per heavy atom. The van der Waals surface area contributed by atoms with Gasteiger partial charge in [0, 0.05) is 37.1 Å². The molecular weight excluding hydrogens is 348 g/mol. The highest BCUT2D eigenvalue weighted by Gasteiger charge is 2.25. The lowest BCUT2D eigenvalue weighted by Gasteiger charge is -2.32. The van der Waals surface area contributed by atoms with Gasteiger partial charge in [0.15, 0.2) is 5.65 Å². The van der Waals surface area contributed by atoms with Crippen molar-refractivity contribution >= 4 is 22.9 Å². The van der Waals surface area contributed by atoms with Crippen molar-refractivity contribution in [1.82, 2.24) is 29.8 Å². The number of likely N-dealkylation sites (tertiary alicyclic amines) is 1. The number of rotatable bonds is 4. The molecule has 0 spiro atoms. The molecule has 4 rings (SSSR count). The zero-order valence-corrected chi connectivity index (χ0v) is 15.8. The van der Waals surface area contributed by atoms with Crippen molar-refractivity contribution in [2.24, 2.45) is 0 Å². The highest BCUT2D eigenvalue weighted by atomic mass is 32.1. The van der Waals surface area contributed by atoms with Crippen LogP contribution in [0.5, 0.6) is 0 Å². The van der Waals surface area contributed by atoms with E-state index in [0.717, 1.165) is 43.9 Å². The smallest absolute Gasteiger partial charge is 0.256 e. The topological polar surface area (TPSA) is 75.4 Å². The maximum absolute atomic E-state index is 12.0. The van der Waals surface area contributed by atoms with Crippen LogP contribution in [0.4, 0.5) is 0 Å². The minimum Gasteiger partial charge on any atom is -0.355 e. The highest BCUT2D eigenvalue weighted by Crippen LogP contribution is 2.29. The van der Waals surface area contributed by atoms with Crippen LogP contribution in [0.3, 0.4) is 0 Å². The summed E-state index contributed by atoms with van der Waals surface area (Å²) in [5.74, 6) is 0.218. The molecule has 26 heavy (non-hydrogen) atoms. The van der Waals surface area contributed by atoms with E-state index < -0.39 is 0 Å². The summed E-state index contributed by atoms with van der Waals surface area (Å²) >= 11 is 1.73. The molecule has 0 unspecified atom stereocenters. The zero-order valence-electron chi connectivity index (χ0n) is 15.0. The number of thiazole rings is 1. The molecule has 1 aliphatic rings. The van der Waals surface area contributed by atoms with Gasteiger partial charge in [0.05, 0.1) is 23.1 Å². The fourth-order valence-corrected chi connectivity index (χ4v) is 4.45. The van der Waals surface area contributed by atoms with Gasteiger partial charge in [-0.2, -0.15) is 5.10 Å². The highest BCUT2D eigenvalue weighted by molar-refractivity contribution is 7.09. The summed E-state index contributed by atoms with van der Waals surface area (Å²) in [5.41, 5.74) is 5.31. The minimum atomic E-state index is -0.157. The monoisotopic (exact) mass is 370 g/mol. The lowest BCUT2D eigenvalue weighted by atomic mass is 9.94. The summed E-state index contributed by atoms with van der Waals surface area (Å²) in [4.78, 5) is 24.6. The number of aromatic nitrogens is 4. The molecule has 1 aliphatic heterocycles. The van der Waals surface area contributed by atoms with Gasteiger partial charge in [-0.3, -0.25) is 9.69 Å². The predicted octanol–water partition coefficient (Wildman–Crippen LogP) is 2.23. The molecule has 3 aromatic heterocycles. The Balaban J connectivity index is 1.60. The second kappa shape index (κ2) is 7.13. The molecule has 1 N–H and O–H groups in total. The number of hydrogen-bond donors (Lipinski definition) is 1. The molecular formula is C18H22N6OS. The van der Waals surface area contributed by atoms with Crippen molar-refractivity contribution in [2.45, 2.75) is 32.2 Å². The van der Waals surface area contributed by atoms with E-state index in [-0.39, 0.29) is 5.91 Å². The van der Waals surface area contributed by atoms with Gasteiger partial charge in [-0.05, 0) is 32.4 Å². The second-order valence-electron chi connectivity index (χ2n) is 6.68. The summed E-state index contributed by atoms with van der Waals surface area (Å²) in [7, 11) is 1.62. The third-order valence-corrected chi connectivity index (χ3v) is 5.96. The molecule has 1 atom stereocenters. The van der Waals surface area contributed by atoms with Crippen molar-refractivity contribution in [3.8, 4) is 0 Å². The second-order valence-corrected chi connectivity index (χ2v) is 7.62. The number of nitrogens with zero attached hydrogens (tertiary/aromatic N) is 5. The number of fused-ring (bicyclic) bond motifs is 1. The van der Waals surface area contributed by atoms with Gasteiger partial charge in [-0.1, -0.05) is 0 Å². The molecule has 1 saturated heterocycles. The number of carbonyl (C=O) groups excluding carboxylic acids is 1. The minimum absolute atomic E-state index is 0.157. The number of piperidine rings is 1. The first kappa shape index (κ1) is 17.1. The average molecular weight is 370 g/mol. The predicted molar refractivity (Wildman–Crippen MR) is 100 cm³/mol. The van der Waals surface area contributed by atoms with Crippen LogP contribution >= 0.6 is 11.3 Å². The van der Waals surface area contributed by atoms with Gasteiger partial charge >= 0.3 is 0 Å². The number of hydrogen-bond acceptors (Lipinski definition) is 6. The zero-order chi connectivity index (χ0) is 18.1. The van der Waals surface area contributed by atoms with E-state index in [1.54, 1.807) is 30.8 Å². The quantitative estimate of drug-likeness (QED) is 0.762.